The van der Waals surface area contributed by atoms with Crippen molar-refractivity contribution in [1.82, 2.24) is 9.97 Å². The normalized spacial score (nSPS) is 12.8. The summed E-state index contributed by atoms with van der Waals surface area (Å²) < 4.78 is 27.7. The smallest absolute Gasteiger partial charge is 0.123 e. The first-order valence-electron chi connectivity index (χ1n) is 13.3. The van der Waals surface area contributed by atoms with Crippen LogP contribution in [0, 0.1) is 11.6 Å². The lowest BCUT2D eigenvalue weighted by atomic mass is 9.84. The van der Waals surface area contributed by atoms with E-state index in [1.54, 1.807) is 12.1 Å². The van der Waals surface area contributed by atoms with Crippen molar-refractivity contribution in [2.24, 2.45) is 0 Å². The van der Waals surface area contributed by atoms with Gasteiger partial charge in [-0.3, -0.25) is 0 Å². The Morgan fingerprint density at radius 3 is 1.40 bits per heavy atom. The molecule has 1 aliphatic rings. The highest BCUT2D eigenvalue weighted by Crippen LogP contribution is 2.40. The first kappa shape index (κ1) is 24.1. The van der Waals surface area contributed by atoms with Crippen LogP contribution in [0.2, 0.25) is 0 Å². The second-order valence-electron chi connectivity index (χ2n) is 10.0. The van der Waals surface area contributed by atoms with Crippen LogP contribution in [-0.4, -0.2) is 9.97 Å². The van der Waals surface area contributed by atoms with Crippen LogP contribution >= 0.6 is 0 Å². The predicted octanol–water partition coefficient (Wildman–Crippen LogP) is 9.17. The maximum absolute atomic E-state index is 13.9. The lowest BCUT2D eigenvalue weighted by molar-refractivity contribution is 0.627. The summed E-state index contributed by atoms with van der Waals surface area (Å²) in [6.45, 7) is 0. The van der Waals surface area contributed by atoms with Gasteiger partial charge in [0.25, 0.3) is 0 Å². The molecule has 0 aliphatic heterocycles. The van der Waals surface area contributed by atoms with Gasteiger partial charge in [0.1, 0.15) is 11.6 Å². The van der Waals surface area contributed by atoms with Crippen LogP contribution in [0.3, 0.4) is 0 Å². The molecule has 0 saturated heterocycles. The Balaban J connectivity index is 1.44. The van der Waals surface area contributed by atoms with Crippen molar-refractivity contribution in [2.75, 3.05) is 0 Å². The molecule has 0 unspecified atom stereocenters. The van der Waals surface area contributed by atoms with Crippen LogP contribution in [0.5, 0.6) is 0 Å². The highest BCUT2D eigenvalue weighted by Gasteiger charge is 2.25. The minimum Gasteiger partial charge on any atom is -0.246 e. The fraction of sp³-hybridized carbons (Fsp3) is 0.0556. The molecule has 0 saturated carbocycles. The van der Waals surface area contributed by atoms with E-state index in [1.807, 2.05) is 60.7 Å². The number of para-hydroxylation sites is 2. The Kier molecular flexibility index (Phi) is 6.01. The summed E-state index contributed by atoms with van der Waals surface area (Å²) in [6, 6.07) is 29.5. The molecule has 0 spiro atoms. The third kappa shape index (κ3) is 4.38. The molecule has 2 heterocycles. The third-order valence-electron chi connectivity index (χ3n) is 7.51. The maximum Gasteiger partial charge on any atom is 0.123 e. The van der Waals surface area contributed by atoms with Gasteiger partial charge in [0.15, 0.2) is 0 Å². The summed E-state index contributed by atoms with van der Waals surface area (Å²) in [5.74, 6) is -0.514. The Hall–Kier alpha value is -4.96. The van der Waals surface area contributed by atoms with E-state index in [-0.39, 0.29) is 11.6 Å². The van der Waals surface area contributed by atoms with Gasteiger partial charge in [-0.25, -0.2) is 18.7 Å². The van der Waals surface area contributed by atoms with Crippen molar-refractivity contribution in [3.63, 3.8) is 0 Å². The number of halogens is 2. The number of pyridine rings is 2. The zero-order chi connectivity index (χ0) is 27.1. The van der Waals surface area contributed by atoms with Gasteiger partial charge < -0.3 is 0 Å². The van der Waals surface area contributed by atoms with Crippen molar-refractivity contribution >= 4 is 46.1 Å². The molecule has 1 aliphatic carbocycles. The lowest BCUT2D eigenvalue weighted by Crippen LogP contribution is -2.12. The standard InChI is InChI=1S/C36H24F2N2/c37-25-9-5-7-23(21-25)15-17-27-29-11-1-3-13-33(29)39-35-31(27)19-20-32-28(18-16-24-8-6-10-26(38)22-24)30-12-2-4-14-34(30)40-36(32)35/h1-18,21-22H,19-20H2. The van der Waals surface area contributed by atoms with Crippen molar-refractivity contribution in [1.29, 1.82) is 0 Å². The van der Waals surface area contributed by atoms with E-state index >= 15 is 0 Å². The van der Waals surface area contributed by atoms with Gasteiger partial charge in [-0.05, 0) is 82.6 Å². The molecule has 7 rings (SSSR count). The zero-order valence-corrected chi connectivity index (χ0v) is 21.6. The lowest BCUT2D eigenvalue weighted by Gasteiger charge is -2.24. The quantitative estimate of drug-likeness (QED) is 0.231. The summed E-state index contributed by atoms with van der Waals surface area (Å²) >= 11 is 0. The first-order valence-corrected chi connectivity index (χ1v) is 13.3. The van der Waals surface area contributed by atoms with E-state index in [2.05, 4.69) is 24.3 Å². The number of hydrogen-bond acceptors (Lipinski definition) is 2. The molecule has 0 amide bonds. The first-order chi connectivity index (χ1) is 19.6. The molecule has 6 aromatic rings. The fourth-order valence-electron chi connectivity index (χ4n) is 5.66. The van der Waals surface area contributed by atoms with Crippen LogP contribution in [0.25, 0.3) is 57.5 Å². The molecule has 192 valence electrons. The maximum atomic E-state index is 13.9. The Morgan fingerprint density at radius 1 is 0.500 bits per heavy atom. The molecule has 0 radical (unpaired) electrons. The highest BCUT2D eigenvalue weighted by atomic mass is 19.1. The molecule has 2 aromatic heterocycles. The van der Waals surface area contributed by atoms with Gasteiger partial charge in [-0.2, -0.15) is 0 Å². The van der Waals surface area contributed by atoms with Crippen LogP contribution in [0.4, 0.5) is 8.78 Å². The van der Waals surface area contributed by atoms with Gasteiger partial charge in [0, 0.05) is 10.8 Å². The molecule has 0 fully saturated rings. The van der Waals surface area contributed by atoms with Crippen molar-refractivity contribution in [3.05, 3.63) is 142 Å². The Morgan fingerprint density at radius 2 is 0.950 bits per heavy atom. The summed E-state index contributed by atoms with van der Waals surface area (Å²) in [5.41, 5.74) is 9.60. The largest absolute Gasteiger partial charge is 0.246 e. The van der Waals surface area contributed by atoms with Crippen molar-refractivity contribution in [3.8, 4) is 11.4 Å². The SMILES string of the molecule is Fc1cccc(C=Cc2c3c(nc4ccccc24)-c2nc4ccccc4c(C=Cc4cccc(F)c4)c2CC3)c1. The van der Waals surface area contributed by atoms with Gasteiger partial charge >= 0.3 is 0 Å². The van der Waals surface area contributed by atoms with Crippen LogP contribution in [0.1, 0.15) is 33.4 Å². The van der Waals surface area contributed by atoms with E-state index in [0.717, 1.165) is 79.4 Å². The minimum atomic E-state index is -0.257. The minimum absolute atomic E-state index is 0.257. The van der Waals surface area contributed by atoms with Crippen molar-refractivity contribution in [2.45, 2.75) is 12.8 Å². The number of benzene rings is 4. The van der Waals surface area contributed by atoms with E-state index in [1.165, 1.54) is 24.3 Å². The van der Waals surface area contributed by atoms with Gasteiger partial charge in [-0.1, -0.05) is 85.0 Å². The highest BCUT2D eigenvalue weighted by molar-refractivity contribution is 5.99. The van der Waals surface area contributed by atoms with Crippen LogP contribution in [0.15, 0.2) is 97.1 Å². The molecule has 4 heteroatoms. The number of aromatic nitrogens is 2. The van der Waals surface area contributed by atoms with Crippen LogP contribution in [-0.2, 0) is 12.8 Å². The van der Waals surface area contributed by atoms with E-state index < -0.39 is 0 Å². The fourth-order valence-corrected chi connectivity index (χ4v) is 5.66. The van der Waals surface area contributed by atoms with Gasteiger partial charge in [0.2, 0.25) is 0 Å². The summed E-state index contributed by atoms with van der Waals surface area (Å²) in [5, 5.41) is 2.12. The second-order valence-corrected chi connectivity index (χ2v) is 10.0. The number of rotatable bonds is 4. The molecule has 0 atom stereocenters. The molecule has 2 nitrogen and oxygen atoms in total. The Bertz CT molecular complexity index is 1840. The van der Waals surface area contributed by atoms with E-state index in [9.17, 15) is 8.78 Å². The van der Waals surface area contributed by atoms with Crippen molar-refractivity contribution < 1.29 is 8.78 Å². The topological polar surface area (TPSA) is 25.8 Å². The average Bonchev–Trinajstić information content (AvgIpc) is 2.97. The molecule has 0 N–H and O–H groups in total. The summed E-state index contributed by atoms with van der Waals surface area (Å²) in [7, 11) is 0. The second kappa shape index (κ2) is 9.97. The predicted molar refractivity (Wildman–Crippen MR) is 161 cm³/mol. The van der Waals surface area contributed by atoms with Gasteiger partial charge in [-0.15, -0.1) is 0 Å². The number of fused-ring (bicyclic) bond motifs is 5. The number of hydrogen-bond donors (Lipinski definition) is 0. The molecule has 40 heavy (non-hydrogen) atoms. The molecular weight excluding hydrogens is 498 g/mol. The third-order valence-corrected chi connectivity index (χ3v) is 7.51. The van der Waals surface area contributed by atoms with Crippen LogP contribution < -0.4 is 0 Å². The average molecular weight is 523 g/mol. The van der Waals surface area contributed by atoms with E-state index in [4.69, 9.17) is 9.97 Å². The van der Waals surface area contributed by atoms with Gasteiger partial charge in [0.05, 0.1) is 22.4 Å². The number of nitrogens with zero attached hydrogens (tertiary/aromatic N) is 2. The molecular formula is C36H24F2N2. The van der Waals surface area contributed by atoms with E-state index in [0.29, 0.717) is 0 Å². The Labute approximate surface area is 231 Å². The molecule has 4 aromatic carbocycles. The monoisotopic (exact) mass is 522 g/mol. The summed E-state index contributed by atoms with van der Waals surface area (Å²) in [4.78, 5) is 10.3. The summed E-state index contributed by atoms with van der Waals surface area (Å²) in [6.07, 6.45) is 9.67. The zero-order valence-electron chi connectivity index (χ0n) is 21.6. The molecule has 0 bridgehead atoms.